The summed E-state index contributed by atoms with van der Waals surface area (Å²) in [4.78, 5) is 15.0. The monoisotopic (exact) mass is 285 g/mol. The second kappa shape index (κ2) is 5.43. The molecule has 21 heavy (non-hydrogen) atoms. The van der Waals surface area contributed by atoms with Crippen molar-refractivity contribution in [2.75, 3.05) is 18.4 Å². The fourth-order valence-corrected chi connectivity index (χ4v) is 3.65. The Morgan fingerprint density at radius 3 is 2.86 bits per heavy atom. The maximum atomic E-state index is 12.4. The van der Waals surface area contributed by atoms with Crippen molar-refractivity contribution in [3.63, 3.8) is 0 Å². The van der Waals surface area contributed by atoms with Crippen LogP contribution in [0.1, 0.15) is 31.2 Å². The summed E-state index contributed by atoms with van der Waals surface area (Å²) in [6, 6.07) is 9.40. The minimum atomic E-state index is -0.0541. The normalized spacial score (nSPS) is 29.8. The number of anilines is 1. The van der Waals surface area contributed by atoms with Gasteiger partial charge in [-0.15, -0.1) is 0 Å². The average Bonchev–Trinajstić information content (AvgIpc) is 3.26. The minimum absolute atomic E-state index is 0.0541. The van der Waals surface area contributed by atoms with Crippen LogP contribution in [0.15, 0.2) is 24.3 Å². The Morgan fingerprint density at radius 2 is 2.00 bits per heavy atom. The summed E-state index contributed by atoms with van der Waals surface area (Å²) in [6.07, 6.45) is 5.76. The summed E-state index contributed by atoms with van der Waals surface area (Å²) < 4.78 is 0. The standard InChI is InChI=1S/C17H23N3O/c21-17-16(8-5-12-3-1-2-4-15(12)19-17)18-13-9-10-20(11-13)14-6-7-14/h1-4,13-14,16,18H,5-11H2,(H,19,21). The Labute approximate surface area is 125 Å². The highest BCUT2D eigenvalue weighted by Crippen LogP contribution is 2.30. The van der Waals surface area contributed by atoms with E-state index in [4.69, 9.17) is 0 Å². The van der Waals surface area contributed by atoms with Gasteiger partial charge >= 0.3 is 0 Å². The number of rotatable bonds is 3. The van der Waals surface area contributed by atoms with Gasteiger partial charge in [0.1, 0.15) is 0 Å². The van der Waals surface area contributed by atoms with Crippen molar-refractivity contribution in [2.45, 2.75) is 50.2 Å². The molecule has 1 aromatic rings. The van der Waals surface area contributed by atoms with Crippen molar-refractivity contribution < 1.29 is 4.79 Å². The zero-order valence-electron chi connectivity index (χ0n) is 12.3. The summed E-state index contributed by atoms with van der Waals surface area (Å²) in [5.74, 6) is 0.129. The summed E-state index contributed by atoms with van der Waals surface area (Å²) in [7, 11) is 0. The number of nitrogens with zero attached hydrogens (tertiary/aromatic N) is 1. The van der Waals surface area contributed by atoms with Crippen molar-refractivity contribution >= 4 is 11.6 Å². The molecule has 1 aromatic carbocycles. The highest BCUT2D eigenvalue weighted by Gasteiger charge is 2.36. The van der Waals surface area contributed by atoms with Gasteiger partial charge in [0.05, 0.1) is 6.04 Å². The van der Waals surface area contributed by atoms with Gasteiger partial charge in [0.25, 0.3) is 0 Å². The summed E-state index contributed by atoms with van der Waals surface area (Å²) in [5, 5.41) is 6.68. The third kappa shape index (κ3) is 2.83. The number of carbonyl (C=O) groups excluding carboxylic acids is 1. The summed E-state index contributed by atoms with van der Waals surface area (Å²) in [5.41, 5.74) is 2.24. The second-order valence-corrected chi connectivity index (χ2v) is 6.62. The average molecular weight is 285 g/mol. The lowest BCUT2D eigenvalue weighted by molar-refractivity contribution is -0.118. The molecule has 3 aliphatic rings. The van der Waals surface area contributed by atoms with E-state index < -0.39 is 0 Å². The Morgan fingerprint density at radius 1 is 1.14 bits per heavy atom. The molecule has 2 aliphatic heterocycles. The van der Waals surface area contributed by atoms with Crippen LogP contribution in [0.3, 0.4) is 0 Å². The Hall–Kier alpha value is -1.39. The van der Waals surface area contributed by atoms with Crippen molar-refractivity contribution in [2.24, 2.45) is 0 Å². The van der Waals surface area contributed by atoms with Crippen LogP contribution in [0.2, 0.25) is 0 Å². The number of amides is 1. The first kappa shape index (κ1) is 13.3. The van der Waals surface area contributed by atoms with Crippen LogP contribution in [-0.4, -0.2) is 42.0 Å². The summed E-state index contributed by atoms with van der Waals surface area (Å²) >= 11 is 0. The van der Waals surface area contributed by atoms with Gasteiger partial charge in [-0.2, -0.15) is 0 Å². The molecule has 4 rings (SSSR count). The lowest BCUT2D eigenvalue weighted by Gasteiger charge is -2.21. The zero-order chi connectivity index (χ0) is 14.2. The van der Waals surface area contributed by atoms with E-state index in [0.29, 0.717) is 6.04 Å². The predicted molar refractivity (Wildman–Crippen MR) is 83.3 cm³/mol. The van der Waals surface area contributed by atoms with E-state index in [-0.39, 0.29) is 11.9 Å². The molecule has 1 aliphatic carbocycles. The van der Waals surface area contributed by atoms with E-state index in [1.807, 2.05) is 18.2 Å². The first-order valence-electron chi connectivity index (χ1n) is 8.18. The minimum Gasteiger partial charge on any atom is -0.324 e. The molecule has 2 fully saturated rings. The van der Waals surface area contributed by atoms with Gasteiger partial charge in [0.2, 0.25) is 5.91 Å². The van der Waals surface area contributed by atoms with E-state index in [2.05, 4.69) is 21.6 Å². The molecule has 1 amide bonds. The Bertz CT molecular complexity index is 541. The number of fused-ring (bicyclic) bond motifs is 1. The molecule has 112 valence electrons. The SMILES string of the molecule is O=C1Nc2ccccc2CCC1NC1CCN(C2CC2)C1. The first-order valence-corrected chi connectivity index (χ1v) is 8.18. The molecule has 0 aromatic heterocycles. The van der Waals surface area contributed by atoms with Gasteiger partial charge in [-0.3, -0.25) is 9.69 Å². The number of likely N-dealkylation sites (tertiary alicyclic amines) is 1. The topological polar surface area (TPSA) is 44.4 Å². The third-order valence-electron chi connectivity index (χ3n) is 5.01. The van der Waals surface area contributed by atoms with E-state index in [1.54, 1.807) is 0 Å². The molecule has 1 saturated heterocycles. The highest BCUT2D eigenvalue weighted by molar-refractivity contribution is 5.96. The second-order valence-electron chi connectivity index (χ2n) is 6.62. The van der Waals surface area contributed by atoms with Crippen LogP contribution in [0.25, 0.3) is 0 Å². The quantitative estimate of drug-likeness (QED) is 0.889. The van der Waals surface area contributed by atoms with Crippen molar-refractivity contribution in [3.05, 3.63) is 29.8 Å². The molecule has 4 heteroatoms. The van der Waals surface area contributed by atoms with Crippen LogP contribution in [0, 0.1) is 0 Å². The zero-order valence-corrected chi connectivity index (χ0v) is 12.3. The molecule has 2 N–H and O–H groups in total. The van der Waals surface area contributed by atoms with E-state index in [9.17, 15) is 4.79 Å². The maximum absolute atomic E-state index is 12.4. The van der Waals surface area contributed by atoms with Gasteiger partial charge < -0.3 is 10.6 Å². The molecule has 2 atom stereocenters. The van der Waals surface area contributed by atoms with Crippen LogP contribution < -0.4 is 10.6 Å². The number of para-hydroxylation sites is 1. The van der Waals surface area contributed by atoms with Crippen LogP contribution in [0.4, 0.5) is 5.69 Å². The van der Waals surface area contributed by atoms with Gasteiger partial charge in [0.15, 0.2) is 0 Å². The Balaban J connectivity index is 1.39. The van der Waals surface area contributed by atoms with Crippen LogP contribution >= 0.6 is 0 Å². The molecule has 1 saturated carbocycles. The Kier molecular flexibility index (Phi) is 3.43. The first-order chi connectivity index (χ1) is 10.3. The molecular formula is C17H23N3O. The number of nitrogens with one attached hydrogen (secondary N) is 2. The van der Waals surface area contributed by atoms with Gasteiger partial charge in [-0.1, -0.05) is 18.2 Å². The number of aryl methyl sites for hydroxylation is 1. The largest absolute Gasteiger partial charge is 0.324 e. The maximum Gasteiger partial charge on any atom is 0.241 e. The number of benzene rings is 1. The fraction of sp³-hybridized carbons (Fsp3) is 0.588. The molecule has 4 nitrogen and oxygen atoms in total. The fourth-order valence-electron chi connectivity index (χ4n) is 3.65. The molecule has 2 unspecified atom stereocenters. The van der Waals surface area contributed by atoms with Gasteiger partial charge in [0, 0.05) is 30.9 Å². The lowest BCUT2D eigenvalue weighted by Crippen LogP contribution is -2.46. The van der Waals surface area contributed by atoms with Crippen molar-refractivity contribution in [3.8, 4) is 0 Å². The number of hydrogen-bond acceptors (Lipinski definition) is 3. The van der Waals surface area contributed by atoms with Gasteiger partial charge in [-0.05, 0) is 43.7 Å². The molecule has 0 bridgehead atoms. The summed E-state index contributed by atoms with van der Waals surface area (Å²) in [6.45, 7) is 2.30. The van der Waals surface area contributed by atoms with Crippen molar-refractivity contribution in [1.29, 1.82) is 0 Å². The van der Waals surface area contributed by atoms with Gasteiger partial charge in [-0.25, -0.2) is 0 Å². The van der Waals surface area contributed by atoms with E-state index >= 15 is 0 Å². The lowest BCUT2D eigenvalue weighted by atomic mass is 10.1. The predicted octanol–water partition coefficient (Wildman–Crippen LogP) is 1.77. The van der Waals surface area contributed by atoms with Crippen LogP contribution in [0.5, 0.6) is 0 Å². The molecule has 2 heterocycles. The van der Waals surface area contributed by atoms with E-state index in [1.165, 1.54) is 31.4 Å². The van der Waals surface area contributed by atoms with Crippen LogP contribution in [-0.2, 0) is 11.2 Å². The molecule has 0 radical (unpaired) electrons. The molecule has 0 spiro atoms. The van der Waals surface area contributed by atoms with Crippen molar-refractivity contribution in [1.82, 2.24) is 10.2 Å². The highest BCUT2D eigenvalue weighted by atomic mass is 16.2. The smallest absolute Gasteiger partial charge is 0.241 e. The molecular weight excluding hydrogens is 262 g/mol. The number of hydrogen-bond donors (Lipinski definition) is 2. The number of carbonyl (C=O) groups is 1. The third-order valence-corrected chi connectivity index (χ3v) is 5.01. The van der Waals surface area contributed by atoms with E-state index in [0.717, 1.165) is 31.1 Å².